The van der Waals surface area contributed by atoms with Crippen LogP contribution in [0.15, 0.2) is 23.1 Å². The van der Waals surface area contributed by atoms with Crippen LogP contribution in [0.3, 0.4) is 0 Å². The third-order valence-corrected chi connectivity index (χ3v) is 4.29. The van der Waals surface area contributed by atoms with Gasteiger partial charge in [-0.25, -0.2) is 0 Å². The Morgan fingerprint density at radius 2 is 2.05 bits per heavy atom. The van der Waals surface area contributed by atoms with Crippen LogP contribution in [-0.2, 0) is 6.54 Å². The molecule has 118 valence electrons. The van der Waals surface area contributed by atoms with E-state index in [9.17, 15) is 4.79 Å². The van der Waals surface area contributed by atoms with E-state index < -0.39 is 0 Å². The van der Waals surface area contributed by atoms with Crippen LogP contribution < -0.4 is 11.3 Å². The van der Waals surface area contributed by atoms with E-state index in [1.807, 2.05) is 0 Å². The second-order valence-corrected chi connectivity index (χ2v) is 6.67. The Labute approximate surface area is 127 Å². The summed E-state index contributed by atoms with van der Waals surface area (Å²) >= 11 is 0. The van der Waals surface area contributed by atoms with Crippen LogP contribution in [-0.4, -0.2) is 28.6 Å². The van der Waals surface area contributed by atoms with Crippen molar-refractivity contribution in [2.75, 3.05) is 18.8 Å². The molecule has 0 amide bonds. The first-order valence-corrected chi connectivity index (χ1v) is 8.26. The summed E-state index contributed by atoms with van der Waals surface area (Å²) in [6.45, 7) is 7.56. The highest BCUT2D eigenvalue weighted by molar-refractivity contribution is 5.33. The maximum absolute atomic E-state index is 11.8. The van der Waals surface area contributed by atoms with Crippen molar-refractivity contribution in [1.82, 2.24) is 9.47 Å². The summed E-state index contributed by atoms with van der Waals surface area (Å²) in [4.78, 5) is 14.4. The summed E-state index contributed by atoms with van der Waals surface area (Å²) in [6, 6.07) is 3.98. The molecule has 2 N–H and O–H groups in total. The molecule has 21 heavy (non-hydrogen) atoms. The molecular weight excluding hydrogens is 262 g/mol. The predicted octanol–water partition coefficient (Wildman–Crippen LogP) is 2.72. The van der Waals surface area contributed by atoms with E-state index in [0.717, 1.165) is 32.1 Å². The number of hydrogen-bond donors (Lipinski definition) is 1. The Morgan fingerprint density at radius 3 is 2.71 bits per heavy atom. The van der Waals surface area contributed by atoms with Gasteiger partial charge in [-0.1, -0.05) is 26.7 Å². The van der Waals surface area contributed by atoms with Gasteiger partial charge in [-0.05, 0) is 31.2 Å². The number of pyridine rings is 1. The van der Waals surface area contributed by atoms with Gasteiger partial charge in [0, 0.05) is 43.6 Å². The van der Waals surface area contributed by atoms with Gasteiger partial charge in [0.05, 0.1) is 0 Å². The summed E-state index contributed by atoms with van der Waals surface area (Å²) in [7, 11) is 0. The van der Waals surface area contributed by atoms with Crippen molar-refractivity contribution in [3.8, 4) is 0 Å². The summed E-state index contributed by atoms with van der Waals surface area (Å²) in [5.41, 5.74) is 6.45. The van der Waals surface area contributed by atoms with Crippen LogP contribution >= 0.6 is 0 Å². The van der Waals surface area contributed by atoms with E-state index in [4.69, 9.17) is 5.73 Å². The average Bonchev–Trinajstić information content (AvgIpc) is 2.95. The molecule has 4 nitrogen and oxygen atoms in total. The third kappa shape index (κ3) is 4.88. The molecule has 4 heteroatoms. The van der Waals surface area contributed by atoms with Crippen molar-refractivity contribution in [2.24, 2.45) is 5.92 Å². The van der Waals surface area contributed by atoms with Crippen LogP contribution in [0.25, 0.3) is 0 Å². The van der Waals surface area contributed by atoms with Gasteiger partial charge >= 0.3 is 0 Å². The zero-order valence-corrected chi connectivity index (χ0v) is 13.4. The second kappa shape index (κ2) is 7.64. The van der Waals surface area contributed by atoms with Gasteiger partial charge in [0.15, 0.2) is 0 Å². The van der Waals surface area contributed by atoms with Crippen molar-refractivity contribution in [2.45, 2.75) is 58.5 Å². The molecule has 0 saturated heterocycles. The van der Waals surface area contributed by atoms with Crippen LogP contribution in [0.5, 0.6) is 0 Å². The number of rotatable bonds is 7. The lowest BCUT2D eigenvalue weighted by Crippen LogP contribution is -2.37. The monoisotopic (exact) mass is 291 g/mol. The molecule has 2 rings (SSSR count). The average molecular weight is 291 g/mol. The predicted molar refractivity (Wildman–Crippen MR) is 88.4 cm³/mol. The third-order valence-electron chi connectivity index (χ3n) is 4.29. The molecule has 1 aromatic rings. The molecule has 1 saturated carbocycles. The molecule has 1 heterocycles. The van der Waals surface area contributed by atoms with E-state index in [0.29, 0.717) is 11.6 Å². The number of anilines is 1. The van der Waals surface area contributed by atoms with Gasteiger partial charge in [0.25, 0.3) is 5.56 Å². The van der Waals surface area contributed by atoms with Crippen LogP contribution in [0.2, 0.25) is 0 Å². The molecule has 1 aliphatic rings. The minimum atomic E-state index is 0.0421. The van der Waals surface area contributed by atoms with E-state index in [2.05, 4.69) is 18.7 Å². The maximum atomic E-state index is 11.8. The van der Waals surface area contributed by atoms with Crippen molar-refractivity contribution < 1.29 is 0 Å². The van der Waals surface area contributed by atoms with Crippen molar-refractivity contribution in [1.29, 1.82) is 0 Å². The number of nitrogens with two attached hydrogens (primary N) is 1. The fraction of sp³-hybridized carbons (Fsp3) is 0.706. The number of aromatic nitrogens is 1. The Balaban J connectivity index is 1.89. The molecule has 0 spiro atoms. The second-order valence-electron chi connectivity index (χ2n) is 6.67. The molecule has 1 aromatic heterocycles. The summed E-state index contributed by atoms with van der Waals surface area (Å²) in [5.74, 6) is 0.695. The molecule has 0 radical (unpaired) electrons. The fourth-order valence-corrected chi connectivity index (χ4v) is 3.33. The molecular formula is C17H29N3O. The number of nitrogen functional groups attached to an aromatic ring is 1. The van der Waals surface area contributed by atoms with Crippen molar-refractivity contribution >= 4 is 5.69 Å². The topological polar surface area (TPSA) is 51.3 Å². The lowest BCUT2D eigenvalue weighted by atomic mass is 10.1. The Hall–Kier alpha value is -1.29. The van der Waals surface area contributed by atoms with Gasteiger partial charge in [-0.15, -0.1) is 0 Å². The lowest BCUT2D eigenvalue weighted by molar-refractivity contribution is 0.172. The van der Waals surface area contributed by atoms with Crippen molar-refractivity contribution in [3.63, 3.8) is 0 Å². The molecule has 0 bridgehead atoms. The molecule has 0 aliphatic heterocycles. The van der Waals surface area contributed by atoms with Gasteiger partial charge < -0.3 is 15.2 Å². The zero-order chi connectivity index (χ0) is 15.2. The highest BCUT2D eigenvalue weighted by Gasteiger charge is 2.22. The fourth-order valence-electron chi connectivity index (χ4n) is 3.33. The zero-order valence-electron chi connectivity index (χ0n) is 13.4. The first-order chi connectivity index (χ1) is 10.1. The maximum Gasteiger partial charge on any atom is 0.250 e. The minimum absolute atomic E-state index is 0.0421. The summed E-state index contributed by atoms with van der Waals surface area (Å²) < 4.78 is 1.73. The molecule has 0 atom stereocenters. The van der Waals surface area contributed by atoms with Crippen LogP contribution in [0, 0.1) is 5.92 Å². The van der Waals surface area contributed by atoms with Gasteiger partial charge in [-0.2, -0.15) is 0 Å². The highest BCUT2D eigenvalue weighted by Crippen LogP contribution is 2.24. The van der Waals surface area contributed by atoms with Gasteiger partial charge in [0.2, 0.25) is 0 Å². The first kappa shape index (κ1) is 16.1. The van der Waals surface area contributed by atoms with Gasteiger partial charge in [0.1, 0.15) is 0 Å². The molecule has 0 unspecified atom stereocenters. The normalized spacial score (nSPS) is 16.2. The minimum Gasteiger partial charge on any atom is -0.398 e. The molecule has 1 fully saturated rings. The van der Waals surface area contributed by atoms with E-state index in [-0.39, 0.29) is 5.56 Å². The molecule has 0 aromatic carbocycles. The Kier molecular flexibility index (Phi) is 5.85. The van der Waals surface area contributed by atoms with E-state index >= 15 is 0 Å². The SMILES string of the molecule is CC(C)CN(CCCn1cc(N)ccc1=O)C1CCCC1. The standard InChI is InChI=1S/C17H29N3O/c1-14(2)12-19(16-6-3-4-7-16)10-5-11-20-13-15(18)8-9-17(20)21/h8-9,13-14,16H,3-7,10-12,18H2,1-2H3. The van der Waals surface area contributed by atoms with Gasteiger partial charge in [-0.3, -0.25) is 4.79 Å². The number of nitrogens with zero attached hydrogens (tertiary/aromatic N) is 2. The van der Waals surface area contributed by atoms with E-state index in [1.165, 1.54) is 25.7 Å². The quantitative estimate of drug-likeness (QED) is 0.840. The summed E-state index contributed by atoms with van der Waals surface area (Å²) in [5, 5.41) is 0. The smallest absolute Gasteiger partial charge is 0.250 e. The largest absolute Gasteiger partial charge is 0.398 e. The van der Waals surface area contributed by atoms with E-state index in [1.54, 1.807) is 22.9 Å². The van der Waals surface area contributed by atoms with Crippen LogP contribution in [0.1, 0.15) is 46.0 Å². The molecule has 1 aliphatic carbocycles. The van der Waals surface area contributed by atoms with Crippen LogP contribution in [0.4, 0.5) is 5.69 Å². The van der Waals surface area contributed by atoms with Crippen molar-refractivity contribution in [3.05, 3.63) is 28.7 Å². The number of hydrogen-bond acceptors (Lipinski definition) is 3. The number of aryl methyl sites for hydroxylation is 1. The highest BCUT2D eigenvalue weighted by atomic mass is 16.1. The Bertz CT molecular complexity index is 489. The lowest BCUT2D eigenvalue weighted by Gasteiger charge is -2.30. The summed E-state index contributed by atoms with van der Waals surface area (Å²) in [6.07, 6.45) is 8.18. The first-order valence-electron chi connectivity index (χ1n) is 8.26. The Morgan fingerprint density at radius 1 is 1.33 bits per heavy atom.